The molecule has 0 saturated heterocycles. The number of aliphatic hydroxyl groups excluding tert-OH is 1. The van der Waals surface area contributed by atoms with Gasteiger partial charge in [-0.1, -0.05) is 145 Å². The van der Waals surface area contributed by atoms with E-state index in [1.165, 1.54) is 33.4 Å². The second-order valence-corrected chi connectivity index (χ2v) is 14.2. The fourth-order valence-electron chi connectivity index (χ4n) is 5.55. The van der Waals surface area contributed by atoms with Crippen molar-refractivity contribution in [2.45, 2.75) is 77.7 Å². The molecule has 4 heteroatoms. The number of benzene rings is 6. The zero-order chi connectivity index (χ0) is 38.6. The van der Waals surface area contributed by atoms with E-state index in [1.807, 2.05) is 42.5 Å². The number of rotatable bonds is 6. The molecule has 0 bridgehead atoms. The van der Waals surface area contributed by atoms with Crippen LogP contribution in [0.2, 0.25) is 0 Å². The monoisotopic (exact) mass is 726 g/mol. The van der Waals surface area contributed by atoms with Gasteiger partial charge in [0.05, 0.1) is 0 Å². The number of hydrogen-bond acceptors (Lipinski definition) is 3. The van der Waals surface area contributed by atoms with Gasteiger partial charge in [0.15, 0.2) is 0 Å². The summed E-state index contributed by atoms with van der Waals surface area (Å²) < 4.78 is 8.25. The second kappa shape index (κ2) is 21.8. The molecule has 0 unspecified atom stereocenters. The fraction of sp³-hybridized carbons (Fsp3) is 0.250. The summed E-state index contributed by atoms with van der Waals surface area (Å²) in [6.07, 6.45) is -0.167. The van der Waals surface area contributed by atoms with Crippen molar-refractivity contribution in [1.29, 1.82) is 0 Å². The van der Waals surface area contributed by atoms with Crippen LogP contribution in [0.15, 0.2) is 164 Å². The molecule has 0 aliphatic rings. The van der Waals surface area contributed by atoms with Gasteiger partial charge in [0.2, 0.25) is 0 Å². The summed E-state index contributed by atoms with van der Waals surface area (Å²) in [4.78, 5) is 0. The van der Waals surface area contributed by atoms with Gasteiger partial charge in [-0.05, 0) is 59.1 Å². The molecule has 0 atom stereocenters. The van der Waals surface area contributed by atoms with Crippen molar-refractivity contribution >= 4 is 0 Å². The Morgan fingerprint density at radius 3 is 0.885 bits per heavy atom. The molecule has 52 heavy (non-hydrogen) atoms. The van der Waals surface area contributed by atoms with Crippen LogP contribution in [0.5, 0.6) is 5.75 Å². The van der Waals surface area contributed by atoms with Crippen molar-refractivity contribution < 1.29 is 33.9 Å². The van der Waals surface area contributed by atoms with Crippen molar-refractivity contribution in [2.24, 2.45) is 0 Å². The zero-order valence-electron chi connectivity index (χ0n) is 32.0. The van der Waals surface area contributed by atoms with Crippen LogP contribution in [0.3, 0.4) is 0 Å². The Kier molecular flexibility index (Phi) is 18.4. The van der Waals surface area contributed by atoms with Gasteiger partial charge in [-0.25, -0.2) is 0 Å². The molecular weight excluding hydrogens is 672 g/mol. The van der Waals surface area contributed by atoms with Gasteiger partial charge >= 0.3 is 23.7 Å². The Labute approximate surface area is 325 Å². The maximum absolute atomic E-state index is 9.29. The first-order valence-corrected chi connectivity index (χ1v) is 18.2. The minimum atomic E-state index is -0.167. The third-order valence-electron chi connectivity index (χ3n) is 8.96. The van der Waals surface area contributed by atoms with E-state index in [0.29, 0.717) is 5.75 Å². The summed E-state index contributed by atoms with van der Waals surface area (Å²) in [6, 6.07) is 61.5. The first-order chi connectivity index (χ1) is 24.8. The van der Waals surface area contributed by atoms with Crippen LogP contribution in [0.1, 0.15) is 88.8 Å². The van der Waals surface area contributed by atoms with Crippen molar-refractivity contribution in [3.05, 3.63) is 209 Å². The normalized spacial score (nSPS) is 10.8. The third kappa shape index (κ3) is 13.6. The van der Waals surface area contributed by atoms with Crippen LogP contribution in [-0.4, -0.2) is 16.3 Å². The Bertz CT molecular complexity index is 1610. The minimum absolute atomic E-state index is 0.0328. The molecule has 0 aliphatic heterocycles. The molecule has 6 aromatic carbocycles. The molecular formula is C48H54O3Ti. The molecule has 0 aliphatic carbocycles. The predicted octanol–water partition coefficient (Wildman–Crippen LogP) is 11.6. The molecule has 0 aromatic heterocycles. The quantitative estimate of drug-likeness (QED) is 0.133. The average Bonchev–Trinajstić information content (AvgIpc) is 3.18. The number of aliphatic hydroxyl groups is 1. The predicted molar refractivity (Wildman–Crippen MR) is 212 cm³/mol. The molecule has 3 nitrogen and oxygen atoms in total. The van der Waals surface area contributed by atoms with Crippen LogP contribution < -0.4 is 0 Å². The van der Waals surface area contributed by atoms with Gasteiger partial charge in [0.1, 0.15) is 5.75 Å². The first-order valence-electron chi connectivity index (χ1n) is 17.5. The summed E-state index contributed by atoms with van der Waals surface area (Å²) in [7, 11) is 0. The van der Waals surface area contributed by atoms with E-state index in [2.05, 4.69) is 163 Å². The summed E-state index contributed by atoms with van der Waals surface area (Å²) in [6.45, 7) is 16.8. The second-order valence-electron chi connectivity index (χ2n) is 14.2. The van der Waals surface area contributed by atoms with E-state index in [-0.39, 0.29) is 22.3 Å². The van der Waals surface area contributed by atoms with Crippen LogP contribution in [0, 0.1) is 12.1 Å². The number of phenols is 1. The van der Waals surface area contributed by atoms with Crippen LogP contribution in [0.25, 0.3) is 0 Å². The topological polar surface area (TPSA) is 57.5 Å². The Morgan fingerprint density at radius 2 is 0.635 bits per heavy atom. The van der Waals surface area contributed by atoms with Gasteiger partial charge in [-0.3, -0.25) is 0 Å². The molecule has 0 amide bonds. The maximum atomic E-state index is 9.29. The molecule has 0 heterocycles. The van der Waals surface area contributed by atoms with Crippen LogP contribution in [0.4, 0.5) is 0 Å². The van der Waals surface area contributed by atoms with Crippen molar-refractivity contribution in [3.8, 4) is 5.75 Å². The molecule has 268 valence electrons. The molecule has 2 N–H and O–H groups in total. The van der Waals surface area contributed by atoms with E-state index in [0.717, 1.165) is 20.4 Å². The van der Waals surface area contributed by atoms with Gasteiger partial charge < -0.3 is 10.2 Å². The Balaban J connectivity index is 0.000000251. The molecule has 0 fully saturated rings. The van der Waals surface area contributed by atoms with Crippen molar-refractivity contribution in [2.75, 3.05) is 0 Å². The zero-order valence-corrected chi connectivity index (χ0v) is 33.5. The number of hydrogen-bond donors (Lipinski definition) is 2. The van der Waals surface area contributed by atoms with Gasteiger partial charge in [-0.15, -0.1) is 11.1 Å². The van der Waals surface area contributed by atoms with Crippen LogP contribution >= 0.6 is 0 Å². The third-order valence-corrected chi connectivity index (χ3v) is 8.96. The average molecular weight is 727 g/mol. The summed E-state index contributed by atoms with van der Waals surface area (Å²) in [5.74, 6) is 0.313. The van der Waals surface area contributed by atoms with E-state index < -0.39 is 0 Å². The molecule has 0 spiro atoms. The van der Waals surface area contributed by atoms with E-state index in [1.54, 1.807) is 26.0 Å². The van der Waals surface area contributed by atoms with E-state index in [9.17, 15) is 5.11 Å². The Hall–Kier alpha value is -4.41. The van der Waals surface area contributed by atoms with E-state index >= 15 is 0 Å². The molecule has 0 saturated carbocycles. The standard InChI is InChI=1S/C15H16O.2C15H15.C3H8O.O.Ti/c1-15(2,12-6-4-3-5-7-12)13-8-10-14(16)11-9-13;2*1-15(2,13-9-5-3-6-10-13)14-11-7-4-8-12-14;1-3(2)4;;/h3-11,16H,1-2H3;2*3,5-12H,1-2H3;3-4H,1-2H3;;/q;2*-1;;;+2. The van der Waals surface area contributed by atoms with Gasteiger partial charge in [0.25, 0.3) is 0 Å². The van der Waals surface area contributed by atoms with Crippen molar-refractivity contribution in [1.82, 2.24) is 0 Å². The molecule has 6 rings (SSSR count). The van der Waals surface area contributed by atoms with Crippen molar-refractivity contribution in [3.63, 3.8) is 0 Å². The summed E-state index contributed by atoms with van der Waals surface area (Å²) >= 11 is 0.750. The van der Waals surface area contributed by atoms with Crippen LogP contribution in [-0.2, 0) is 40.0 Å². The number of aromatic hydroxyl groups is 1. The van der Waals surface area contributed by atoms with Gasteiger partial charge in [0, 0.05) is 11.5 Å². The molecule has 6 aromatic rings. The molecule has 0 radical (unpaired) electrons. The summed E-state index contributed by atoms with van der Waals surface area (Å²) in [5, 5.41) is 17.3. The first kappa shape index (κ1) is 43.8. The Morgan fingerprint density at radius 1 is 0.423 bits per heavy atom. The summed E-state index contributed by atoms with van der Waals surface area (Å²) in [5.41, 5.74) is 7.92. The SMILES string of the molecule is CC(C)(c1cc[c-]cc1)c1ccccc1.CC(C)(c1cc[c-]cc1)c1ccccc1.CC(C)(c1ccccc1)c1ccc(O)cc1.CC(C)O.[O]=[Ti+2]. The fourth-order valence-corrected chi connectivity index (χ4v) is 5.55. The number of phenolic OH excluding ortho intramolecular Hbond substituents is 1. The van der Waals surface area contributed by atoms with Gasteiger partial charge in [-0.2, -0.15) is 60.7 Å². The van der Waals surface area contributed by atoms with E-state index in [4.69, 9.17) is 8.43 Å².